The van der Waals surface area contributed by atoms with Crippen molar-refractivity contribution in [2.24, 2.45) is 11.7 Å². The molecule has 0 unspecified atom stereocenters. The molecule has 2 aromatic carbocycles. The summed E-state index contributed by atoms with van der Waals surface area (Å²) in [5, 5.41) is 0. The van der Waals surface area contributed by atoms with Crippen LogP contribution in [0.1, 0.15) is 18.4 Å². The molecule has 1 aliphatic rings. The molecule has 0 saturated carbocycles. The fourth-order valence-electron chi connectivity index (χ4n) is 3.52. The van der Waals surface area contributed by atoms with Crippen LogP contribution in [0.2, 0.25) is 0 Å². The number of hydrogen-bond donors (Lipinski definition) is 1. The zero-order chi connectivity index (χ0) is 19.6. The largest absolute Gasteiger partial charge is 0.330 e. The lowest BCUT2D eigenvalue weighted by Crippen LogP contribution is -2.30. The number of sulfonamides is 1. The van der Waals surface area contributed by atoms with E-state index in [4.69, 9.17) is 5.73 Å². The van der Waals surface area contributed by atoms with Gasteiger partial charge in [-0.1, -0.05) is 30.3 Å². The van der Waals surface area contributed by atoms with Crippen LogP contribution in [0.15, 0.2) is 59.5 Å². The van der Waals surface area contributed by atoms with Crippen molar-refractivity contribution in [2.75, 3.05) is 31.6 Å². The number of amides is 1. The predicted molar refractivity (Wildman–Crippen MR) is 113 cm³/mol. The van der Waals surface area contributed by atoms with Crippen molar-refractivity contribution in [1.29, 1.82) is 0 Å². The Morgan fingerprint density at radius 3 is 2.25 bits per heavy atom. The molecule has 28 heavy (non-hydrogen) atoms. The van der Waals surface area contributed by atoms with Crippen LogP contribution in [-0.4, -0.2) is 45.3 Å². The smallest absolute Gasteiger partial charge is 0.243 e. The number of nitrogens with zero attached hydrogens (tertiary/aromatic N) is 2. The monoisotopic (exact) mass is 423 g/mol. The summed E-state index contributed by atoms with van der Waals surface area (Å²) in [6, 6.07) is 16.3. The molecule has 1 heterocycles. The van der Waals surface area contributed by atoms with E-state index in [0.29, 0.717) is 25.3 Å². The summed E-state index contributed by atoms with van der Waals surface area (Å²) in [6.45, 7) is 2.73. The van der Waals surface area contributed by atoms with Gasteiger partial charge in [-0.25, -0.2) is 8.42 Å². The third-order valence-corrected chi connectivity index (χ3v) is 7.12. The standard InChI is InChI=1S/C20H25N3O3S.ClH/c1-15(24)22(2)18-8-10-19(11-9-18)27(25,26)23-13-17(12-21)20(14-23)16-6-4-3-5-7-16;/h3-11,17,20H,12-14,21H2,1-2H3;1H/t17-,20+;/m1./s1. The zero-order valence-electron chi connectivity index (χ0n) is 16.0. The highest BCUT2D eigenvalue weighted by Crippen LogP contribution is 2.35. The summed E-state index contributed by atoms with van der Waals surface area (Å²) in [4.78, 5) is 13.2. The molecule has 0 aliphatic carbocycles. The Balaban J connectivity index is 0.00000280. The van der Waals surface area contributed by atoms with Gasteiger partial charge >= 0.3 is 0 Å². The van der Waals surface area contributed by atoms with Crippen molar-refractivity contribution in [2.45, 2.75) is 17.7 Å². The number of carbonyl (C=O) groups is 1. The molecule has 8 heteroatoms. The van der Waals surface area contributed by atoms with E-state index in [9.17, 15) is 13.2 Å². The molecule has 2 N–H and O–H groups in total. The fraction of sp³-hybridized carbons (Fsp3) is 0.350. The summed E-state index contributed by atoms with van der Waals surface area (Å²) in [6.07, 6.45) is 0. The molecule has 1 fully saturated rings. The van der Waals surface area contributed by atoms with Crippen LogP contribution in [0.25, 0.3) is 0 Å². The molecule has 1 saturated heterocycles. The van der Waals surface area contributed by atoms with E-state index in [-0.39, 0.29) is 35.0 Å². The van der Waals surface area contributed by atoms with E-state index < -0.39 is 10.0 Å². The first-order valence-corrected chi connectivity index (χ1v) is 10.4. The Bertz CT molecular complexity index is 904. The SMILES string of the molecule is CC(=O)N(C)c1ccc(S(=O)(=O)N2C[C@@H](CN)[C@H](c3ccccc3)C2)cc1.Cl. The molecule has 6 nitrogen and oxygen atoms in total. The van der Waals surface area contributed by atoms with Crippen molar-refractivity contribution >= 4 is 34.0 Å². The number of carbonyl (C=O) groups excluding carboxylic acids is 1. The minimum absolute atomic E-state index is 0. The van der Waals surface area contributed by atoms with Crippen LogP contribution >= 0.6 is 12.4 Å². The molecular formula is C20H26ClN3O3S. The van der Waals surface area contributed by atoms with Gasteiger partial charge in [0.1, 0.15) is 0 Å². The van der Waals surface area contributed by atoms with Gasteiger partial charge in [0.05, 0.1) is 4.90 Å². The van der Waals surface area contributed by atoms with Gasteiger partial charge in [0, 0.05) is 38.7 Å². The van der Waals surface area contributed by atoms with E-state index in [2.05, 4.69) is 0 Å². The zero-order valence-corrected chi connectivity index (χ0v) is 17.6. The number of nitrogens with two attached hydrogens (primary N) is 1. The van der Waals surface area contributed by atoms with Gasteiger partial charge in [-0.05, 0) is 42.3 Å². The minimum Gasteiger partial charge on any atom is -0.330 e. The summed E-state index contributed by atoms with van der Waals surface area (Å²) in [7, 11) is -1.96. The van der Waals surface area contributed by atoms with Crippen LogP contribution in [0.5, 0.6) is 0 Å². The third kappa shape index (κ3) is 4.38. The quantitative estimate of drug-likeness (QED) is 0.800. The third-order valence-electron chi connectivity index (χ3n) is 5.27. The lowest BCUT2D eigenvalue weighted by molar-refractivity contribution is -0.116. The van der Waals surface area contributed by atoms with Crippen LogP contribution in [0.3, 0.4) is 0 Å². The van der Waals surface area contributed by atoms with Crippen molar-refractivity contribution in [3.8, 4) is 0 Å². The van der Waals surface area contributed by atoms with Crippen molar-refractivity contribution in [3.63, 3.8) is 0 Å². The van der Waals surface area contributed by atoms with E-state index in [1.807, 2.05) is 30.3 Å². The first kappa shape index (κ1) is 22.4. The van der Waals surface area contributed by atoms with Crippen molar-refractivity contribution < 1.29 is 13.2 Å². The summed E-state index contributed by atoms with van der Waals surface area (Å²) in [5.74, 6) is 0.0704. The predicted octanol–water partition coefficient (Wildman–Crippen LogP) is 2.45. The first-order chi connectivity index (χ1) is 12.8. The van der Waals surface area contributed by atoms with Gasteiger partial charge < -0.3 is 10.6 Å². The molecule has 2 aromatic rings. The molecule has 0 radical (unpaired) electrons. The molecule has 3 rings (SSSR count). The lowest BCUT2D eigenvalue weighted by Gasteiger charge is -2.18. The van der Waals surface area contributed by atoms with E-state index in [1.54, 1.807) is 31.3 Å². The second kappa shape index (κ2) is 9.05. The number of benzene rings is 2. The van der Waals surface area contributed by atoms with E-state index in [1.165, 1.54) is 16.1 Å². The fourth-order valence-corrected chi connectivity index (χ4v) is 5.04. The molecule has 1 amide bonds. The number of rotatable bonds is 5. The number of anilines is 1. The van der Waals surface area contributed by atoms with Gasteiger partial charge in [-0.3, -0.25) is 4.79 Å². The van der Waals surface area contributed by atoms with Crippen molar-refractivity contribution in [1.82, 2.24) is 4.31 Å². The van der Waals surface area contributed by atoms with Crippen LogP contribution in [-0.2, 0) is 14.8 Å². The molecular weight excluding hydrogens is 398 g/mol. The average molecular weight is 424 g/mol. The van der Waals surface area contributed by atoms with Crippen LogP contribution < -0.4 is 10.6 Å². The molecule has 1 aliphatic heterocycles. The maximum absolute atomic E-state index is 13.1. The minimum atomic E-state index is -3.61. The van der Waals surface area contributed by atoms with Gasteiger partial charge in [-0.2, -0.15) is 4.31 Å². The Kier molecular flexibility index (Phi) is 7.22. The Hall–Kier alpha value is -1.93. The maximum Gasteiger partial charge on any atom is 0.243 e. The number of halogens is 1. The van der Waals surface area contributed by atoms with Gasteiger partial charge in [0.2, 0.25) is 15.9 Å². The molecule has 0 aromatic heterocycles. The van der Waals surface area contributed by atoms with Gasteiger partial charge in [0.15, 0.2) is 0 Å². The Labute approximate surface area is 172 Å². The molecule has 0 bridgehead atoms. The Morgan fingerprint density at radius 2 is 1.71 bits per heavy atom. The van der Waals surface area contributed by atoms with E-state index in [0.717, 1.165) is 5.56 Å². The normalized spacial score (nSPS) is 19.8. The topological polar surface area (TPSA) is 83.7 Å². The van der Waals surface area contributed by atoms with Gasteiger partial charge in [-0.15, -0.1) is 12.4 Å². The molecule has 152 valence electrons. The number of hydrogen-bond acceptors (Lipinski definition) is 4. The first-order valence-electron chi connectivity index (χ1n) is 8.94. The lowest BCUT2D eigenvalue weighted by atomic mass is 9.89. The summed E-state index contributed by atoms with van der Waals surface area (Å²) < 4.78 is 27.7. The highest BCUT2D eigenvalue weighted by molar-refractivity contribution is 7.89. The average Bonchev–Trinajstić information content (AvgIpc) is 3.13. The highest BCUT2D eigenvalue weighted by atomic mass is 35.5. The summed E-state index contributed by atoms with van der Waals surface area (Å²) >= 11 is 0. The maximum atomic E-state index is 13.1. The summed E-state index contributed by atoms with van der Waals surface area (Å²) in [5.41, 5.74) is 7.70. The molecule has 0 spiro atoms. The highest BCUT2D eigenvalue weighted by Gasteiger charge is 2.39. The second-order valence-corrected chi connectivity index (χ2v) is 8.84. The van der Waals surface area contributed by atoms with Crippen molar-refractivity contribution in [3.05, 3.63) is 60.2 Å². The second-order valence-electron chi connectivity index (χ2n) is 6.91. The van der Waals surface area contributed by atoms with Crippen LogP contribution in [0, 0.1) is 5.92 Å². The van der Waals surface area contributed by atoms with Crippen LogP contribution in [0.4, 0.5) is 5.69 Å². The van der Waals surface area contributed by atoms with Gasteiger partial charge in [0.25, 0.3) is 0 Å². The Morgan fingerprint density at radius 1 is 1.11 bits per heavy atom. The molecule has 2 atom stereocenters. The van der Waals surface area contributed by atoms with E-state index >= 15 is 0 Å².